The largest absolute Gasteiger partial charge is 0.428 e. The number of nitrogens with one attached hydrogen (secondary N) is 1. The van der Waals surface area contributed by atoms with Crippen molar-refractivity contribution in [2.24, 2.45) is 0 Å². The van der Waals surface area contributed by atoms with Crippen molar-refractivity contribution in [1.82, 2.24) is 9.97 Å². The topological polar surface area (TPSA) is 54.9 Å². The summed E-state index contributed by atoms with van der Waals surface area (Å²) in [6.45, 7) is 1.44. The Morgan fingerprint density at radius 3 is 2.62 bits per heavy atom. The summed E-state index contributed by atoms with van der Waals surface area (Å²) in [5.74, 6) is -1.79. The van der Waals surface area contributed by atoms with E-state index >= 15 is 0 Å². The van der Waals surface area contributed by atoms with Gasteiger partial charge in [0.05, 0.1) is 17.6 Å². The Morgan fingerprint density at radius 1 is 1.50 bits per heavy atom. The van der Waals surface area contributed by atoms with E-state index in [1.54, 1.807) is 5.32 Å². The molecule has 0 aliphatic rings. The van der Waals surface area contributed by atoms with Gasteiger partial charge >= 0.3 is 6.18 Å². The van der Waals surface area contributed by atoms with E-state index in [1.807, 2.05) is 0 Å². The second kappa shape index (κ2) is 4.42. The first-order valence-electron chi connectivity index (χ1n) is 4.10. The van der Waals surface area contributed by atoms with Gasteiger partial charge in [0.2, 0.25) is 0 Å². The number of carbonyl (C=O) groups is 1. The lowest BCUT2D eigenvalue weighted by Crippen LogP contribution is -2.37. The van der Waals surface area contributed by atoms with Crippen LogP contribution < -0.4 is 5.32 Å². The predicted octanol–water partition coefficient (Wildman–Crippen LogP) is 1.62. The van der Waals surface area contributed by atoms with E-state index in [9.17, 15) is 22.4 Å². The molecule has 16 heavy (non-hydrogen) atoms. The number of nitrogens with zero attached hydrogens (tertiary/aromatic N) is 2. The van der Waals surface area contributed by atoms with Gasteiger partial charge in [-0.2, -0.15) is 13.2 Å². The smallest absolute Gasteiger partial charge is 0.320 e. The molecule has 0 radical (unpaired) electrons. The van der Waals surface area contributed by atoms with Crippen molar-refractivity contribution in [3.63, 3.8) is 0 Å². The van der Waals surface area contributed by atoms with Gasteiger partial charge in [-0.05, 0) is 6.92 Å². The molecule has 0 saturated heterocycles. The van der Waals surface area contributed by atoms with Crippen LogP contribution in [0.4, 0.5) is 23.2 Å². The predicted molar refractivity (Wildman–Crippen MR) is 46.3 cm³/mol. The van der Waals surface area contributed by atoms with Gasteiger partial charge in [0.15, 0.2) is 0 Å². The zero-order valence-corrected chi connectivity index (χ0v) is 8.05. The van der Waals surface area contributed by atoms with Crippen molar-refractivity contribution in [2.75, 3.05) is 5.32 Å². The SMILES string of the molecule is Cc1ncncc1NC(=O)C(F)C(F)(F)F. The van der Waals surface area contributed by atoms with Crippen molar-refractivity contribution < 1.29 is 22.4 Å². The van der Waals surface area contributed by atoms with E-state index in [0.717, 1.165) is 12.5 Å². The number of hydrogen-bond acceptors (Lipinski definition) is 3. The maximum atomic E-state index is 12.5. The van der Waals surface area contributed by atoms with Gasteiger partial charge in [-0.15, -0.1) is 0 Å². The van der Waals surface area contributed by atoms with Crippen molar-refractivity contribution in [3.8, 4) is 0 Å². The molecular formula is C8H7F4N3O. The number of aryl methyl sites for hydroxylation is 1. The van der Waals surface area contributed by atoms with Crippen LogP contribution in [0.5, 0.6) is 0 Å². The number of alkyl halides is 4. The molecule has 1 rings (SSSR count). The normalized spacial score (nSPS) is 13.3. The van der Waals surface area contributed by atoms with Gasteiger partial charge in [0.25, 0.3) is 12.1 Å². The summed E-state index contributed by atoms with van der Waals surface area (Å²) in [4.78, 5) is 18.0. The fraction of sp³-hybridized carbons (Fsp3) is 0.375. The van der Waals surface area contributed by atoms with Crippen LogP contribution in [-0.4, -0.2) is 28.2 Å². The highest BCUT2D eigenvalue weighted by molar-refractivity contribution is 5.94. The molecule has 1 N–H and O–H groups in total. The quantitative estimate of drug-likeness (QED) is 0.795. The summed E-state index contributed by atoms with van der Waals surface area (Å²) in [5, 5.41) is 1.76. The highest BCUT2D eigenvalue weighted by Crippen LogP contribution is 2.24. The van der Waals surface area contributed by atoms with Crippen molar-refractivity contribution in [2.45, 2.75) is 19.3 Å². The van der Waals surface area contributed by atoms with E-state index in [4.69, 9.17) is 0 Å². The fourth-order valence-corrected chi connectivity index (χ4v) is 0.858. The Morgan fingerprint density at radius 2 is 2.12 bits per heavy atom. The second-order valence-corrected chi connectivity index (χ2v) is 2.92. The Balaban J connectivity index is 2.76. The Bertz CT molecular complexity index is 393. The fourth-order valence-electron chi connectivity index (χ4n) is 0.858. The van der Waals surface area contributed by atoms with E-state index in [-0.39, 0.29) is 11.4 Å². The van der Waals surface area contributed by atoms with Gasteiger partial charge in [-0.25, -0.2) is 14.4 Å². The third kappa shape index (κ3) is 2.88. The van der Waals surface area contributed by atoms with Crippen LogP contribution >= 0.6 is 0 Å². The van der Waals surface area contributed by atoms with E-state index in [0.29, 0.717) is 0 Å². The highest BCUT2D eigenvalue weighted by atomic mass is 19.4. The van der Waals surface area contributed by atoms with Gasteiger partial charge in [-0.1, -0.05) is 0 Å². The average Bonchev–Trinajstić information content (AvgIpc) is 2.19. The Kier molecular flexibility index (Phi) is 3.41. The van der Waals surface area contributed by atoms with Crippen LogP contribution in [0, 0.1) is 6.92 Å². The van der Waals surface area contributed by atoms with Crippen molar-refractivity contribution in [3.05, 3.63) is 18.2 Å². The molecule has 1 amide bonds. The van der Waals surface area contributed by atoms with Crippen molar-refractivity contribution >= 4 is 11.6 Å². The van der Waals surface area contributed by atoms with Crippen LogP contribution in [-0.2, 0) is 4.79 Å². The second-order valence-electron chi connectivity index (χ2n) is 2.92. The number of amides is 1. The minimum atomic E-state index is -5.21. The third-order valence-corrected chi connectivity index (χ3v) is 1.69. The van der Waals surface area contributed by atoms with Crippen LogP contribution in [0.3, 0.4) is 0 Å². The van der Waals surface area contributed by atoms with Gasteiger partial charge in [0.1, 0.15) is 6.33 Å². The zero-order chi connectivity index (χ0) is 12.3. The lowest BCUT2D eigenvalue weighted by atomic mass is 10.3. The Labute approximate surface area is 87.7 Å². The molecule has 0 aromatic carbocycles. The van der Waals surface area contributed by atoms with E-state index < -0.39 is 18.3 Å². The Hall–Kier alpha value is -1.73. The molecule has 1 heterocycles. The molecule has 0 spiro atoms. The minimum absolute atomic E-state index is 0.0561. The van der Waals surface area contributed by atoms with Gasteiger partial charge in [0, 0.05) is 0 Å². The summed E-state index contributed by atoms with van der Waals surface area (Å²) in [5.41, 5.74) is 0.192. The number of carbonyl (C=O) groups excluding carboxylic acids is 1. The average molecular weight is 237 g/mol. The molecule has 0 fully saturated rings. The number of halogens is 4. The summed E-state index contributed by atoms with van der Waals surface area (Å²) in [6.07, 6.45) is -6.54. The first kappa shape index (κ1) is 12.3. The number of hydrogen-bond donors (Lipinski definition) is 1. The molecule has 0 aliphatic heterocycles. The summed E-state index contributed by atoms with van der Waals surface area (Å²) < 4.78 is 48.1. The number of aromatic nitrogens is 2. The van der Waals surface area contributed by atoms with Crippen LogP contribution in [0.2, 0.25) is 0 Å². The van der Waals surface area contributed by atoms with Crippen LogP contribution in [0.25, 0.3) is 0 Å². The van der Waals surface area contributed by atoms with Crippen molar-refractivity contribution in [1.29, 1.82) is 0 Å². The molecule has 1 aromatic rings. The maximum Gasteiger partial charge on any atom is 0.428 e. The minimum Gasteiger partial charge on any atom is -0.320 e. The number of rotatable bonds is 2. The molecule has 1 aromatic heterocycles. The van der Waals surface area contributed by atoms with E-state index in [1.165, 1.54) is 6.92 Å². The molecule has 4 nitrogen and oxygen atoms in total. The first-order chi connectivity index (χ1) is 7.32. The van der Waals surface area contributed by atoms with Crippen LogP contribution in [0.15, 0.2) is 12.5 Å². The first-order valence-corrected chi connectivity index (χ1v) is 4.10. The standard InChI is InChI=1S/C8H7F4N3O/c1-4-5(2-13-3-14-4)15-7(16)6(9)8(10,11)12/h2-3,6H,1H3,(H,15,16). The lowest BCUT2D eigenvalue weighted by molar-refractivity contribution is -0.183. The molecule has 0 aliphatic carbocycles. The van der Waals surface area contributed by atoms with Crippen LogP contribution in [0.1, 0.15) is 5.69 Å². The lowest BCUT2D eigenvalue weighted by Gasteiger charge is -2.12. The zero-order valence-electron chi connectivity index (χ0n) is 8.05. The summed E-state index contributed by atoms with van der Waals surface area (Å²) in [7, 11) is 0. The monoisotopic (exact) mass is 237 g/mol. The summed E-state index contributed by atoms with van der Waals surface area (Å²) in [6, 6.07) is 0. The third-order valence-electron chi connectivity index (χ3n) is 1.69. The molecule has 8 heteroatoms. The van der Waals surface area contributed by atoms with Gasteiger partial charge < -0.3 is 5.32 Å². The summed E-state index contributed by atoms with van der Waals surface area (Å²) >= 11 is 0. The molecule has 88 valence electrons. The molecular weight excluding hydrogens is 230 g/mol. The molecule has 0 bridgehead atoms. The molecule has 0 saturated carbocycles. The maximum absolute atomic E-state index is 12.5. The number of anilines is 1. The highest BCUT2D eigenvalue weighted by Gasteiger charge is 2.45. The van der Waals surface area contributed by atoms with Gasteiger partial charge in [-0.3, -0.25) is 4.79 Å². The van der Waals surface area contributed by atoms with E-state index in [2.05, 4.69) is 9.97 Å². The molecule has 1 atom stereocenters. The molecule has 1 unspecified atom stereocenters.